The number of carbonyl (C=O) groups is 2. The molecule has 0 aliphatic carbocycles. The Morgan fingerprint density at radius 1 is 1.00 bits per heavy atom. The molecule has 0 saturated carbocycles. The third-order valence-electron chi connectivity index (χ3n) is 5.07. The normalized spacial score (nSPS) is 14.7. The number of ketones is 1. The van der Waals surface area contributed by atoms with Crippen molar-refractivity contribution in [2.75, 3.05) is 12.0 Å². The van der Waals surface area contributed by atoms with Gasteiger partial charge in [0, 0.05) is 21.8 Å². The number of halogens is 1. The van der Waals surface area contributed by atoms with Crippen molar-refractivity contribution >= 4 is 40.8 Å². The molecular formula is C26H20ClNO3. The summed E-state index contributed by atoms with van der Waals surface area (Å²) in [4.78, 5) is 27.0. The minimum Gasteiger partial charge on any atom is -0.497 e. The van der Waals surface area contributed by atoms with E-state index in [-0.39, 0.29) is 11.7 Å². The van der Waals surface area contributed by atoms with Crippen LogP contribution in [0, 0.1) is 0 Å². The van der Waals surface area contributed by atoms with Gasteiger partial charge in [0.15, 0.2) is 5.78 Å². The second-order valence-electron chi connectivity index (χ2n) is 7.16. The molecule has 1 aliphatic rings. The van der Waals surface area contributed by atoms with Crippen molar-refractivity contribution in [2.24, 2.45) is 0 Å². The van der Waals surface area contributed by atoms with Gasteiger partial charge in [0.05, 0.1) is 12.8 Å². The molecule has 0 saturated heterocycles. The molecule has 0 radical (unpaired) electrons. The molecule has 3 aromatic rings. The number of anilines is 1. The summed E-state index contributed by atoms with van der Waals surface area (Å²) in [5.74, 6) is 0.529. The summed E-state index contributed by atoms with van der Waals surface area (Å²) in [6, 6.07) is 21.9. The monoisotopic (exact) mass is 429 g/mol. The highest BCUT2D eigenvalue weighted by Gasteiger charge is 2.30. The van der Waals surface area contributed by atoms with E-state index < -0.39 is 0 Å². The Bertz CT molecular complexity index is 1210. The first-order valence-corrected chi connectivity index (χ1v) is 10.1. The van der Waals surface area contributed by atoms with Crippen LogP contribution in [0.5, 0.6) is 5.75 Å². The first kappa shape index (κ1) is 20.6. The van der Waals surface area contributed by atoms with Gasteiger partial charge in [-0.25, -0.2) is 0 Å². The Labute approximate surface area is 186 Å². The lowest BCUT2D eigenvalue weighted by Gasteiger charge is -2.21. The van der Waals surface area contributed by atoms with Gasteiger partial charge in [-0.2, -0.15) is 0 Å². The summed E-state index contributed by atoms with van der Waals surface area (Å²) in [6.45, 7) is 1.51. The van der Waals surface area contributed by atoms with Crippen LogP contribution >= 0.6 is 11.6 Å². The average Bonchev–Trinajstić information content (AvgIpc) is 3.10. The number of rotatable bonds is 5. The molecule has 0 aromatic heterocycles. The number of Topliss-reactive ketones (excluding diaryl/α,β-unsaturated/α-hetero) is 1. The second kappa shape index (κ2) is 8.62. The Balaban J connectivity index is 1.81. The van der Waals surface area contributed by atoms with Crippen molar-refractivity contribution in [3.05, 3.63) is 106 Å². The molecule has 0 fully saturated rings. The Kier molecular flexibility index (Phi) is 5.74. The summed E-state index contributed by atoms with van der Waals surface area (Å²) in [5, 5.41) is 0.618. The molecule has 154 valence electrons. The van der Waals surface area contributed by atoms with E-state index in [1.165, 1.54) is 6.92 Å². The zero-order valence-corrected chi connectivity index (χ0v) is 17.9. The number of ether oxygens (including phenoxy) is 1. The van der Waals surface area contributed by atoms with E-state index in [0.717, 1.165) is 22.6 Å². The average molecular weight is 430 g/mol. The number of amides is 1. The van der Waals surface area contributed by atoms with Crippen molar-refractivity contribution in [1.82, 2.24) is 0 Å². The molecule has 1 heterocycles. The molecule has 0 unspecified atom stereocenters. The fourth-order valence-electron chi connectivity index (χ4n) is 3.45. The number of methoxy groups -OCH3 is 1. The van der Waals surface area contributed by atoms with Gasteiger partial charge in [-0.15, -0.1) is 0 Å². The molecule has 1 aliphatic heterocycles. The fourth-order valence-corrected chi connectivity index (χ4v) is 3.57. The lowest BCUT2D eigenvalue weighted by atomic mass is 10.1. The van der Waals surface area contributed by atoms with Gasteiger partial charge < -0.3 is 4.74 Å². The third-order valence-corrected chi connectivity index (χ3v) is 5.32. The van der Waals surface area contributed by atoms with Gasteiger partial charge in [0.2, 0.25) is 0 Å². The largest absolute Gasteiger partial charge is 0.497 e. The fraction of sp³-hybridized carbons (Fsp3) is 0.0769. The lowest BCUT2D eigenvalue weighted by Crippen LogP contribution is -2.25. The summed E-state index contributed by atoms with van der Waals surface area (Å²) >= 11 is 6.06. The highest BCUT2D eigenvalue weighted by Crippen LogP contribution is 2.36. The second-order valence-corrected chi connectivity index (χ2v) is 7.59. The van der Waals surface area contributed by atoms with Crippen LogP contribution in [-0.4, -0.2) is 18.8 Å². The molecular weight excluding hydrogens is 410 g/mol. The predicted octanol–water partition coefficient (Wildman–Crippen LogP) is 6.02. The topological polar surface area (TPSA) is 46.6 Å². The highest BCUT2D eigenvalue weighted by molar-refractivity contribution is 6.30. The maximum Gasteiger partial charge on any atom is 0.262 e. The molecule has 0 N–H and O–H groups in total. The van der Waals surface area contributed by atoms with Crippen LogP contribution in [0.25, 0.3) is 11.8 Å². The zero-order valence-electron chi connectivity index (χ0n) is 17.1. The van der Waals surface area contributed by atoms with Gasteiger partial charge >= 0.3 is 0 Å². The number of hydrogen-bond donors (Lipinski definition) is 0. The van der Waals surface area contributed by atoms with Crippen molar-refractivity contribution < 1.29 is 14.3 Å². The number of nitrogens with zero attached hydrogens (tertiary/aromatic N) is 1. The first-order valence-electron chi connectivity index (χ1n) is 9.75. The van der Waals surface area contributed by atoms with Gasteiger partial charge in [0.25, 0.3) is 5.91 Å². The van der Waals surface area contributed by atoms with E-state index in [0.29, 0.717) is 21.8 Å². The summed E-state index contributed by atoms with van der Waals surface area (Å²) in [7, 11) is 1.61. The van der Waals surface area contributed by atoms with Crippen LogP contribution in [0.2, 0.25) is 5.02 Å². The van der Waals surface area contributed by atoms with Crippen LogP contribution in [-0.2, 0) is 4.79 Å². The van der Waals surface area contributed by atoms with Crippen LogP contribution in [0.4, 0.5) is 5.69 Å². The molecule has 31 heavy (non-hydrogen) atoms. The molecule has 0 atom stereocenters. The number of carbonyl (C=O) groups excluding carboxylic acids is 2. The van der Waals surface area contributed by atoms with E-state index in [9.17, 15) is 9.59 Å². The molecule has 1 amide bonds. The molecule has 4 rings (SSSR count). The highest BCUT2D eigenvalue weighted by atomic mass is 35.5. The summed E-state index contributed by atoms with van der Waals surface area (Å²) in [6.07, 6.45) is 3.70. The summed E-state index contributed by atoms with van der Waals surface area (Å²) in [5.41, 5.74) is 4.19. The van der Waals surface area contributed by atoms with Crippen LogP contribution in [0.3, 0.4) is 0 Å². The molecule has 0 spiro atoms. The minimum atomic E-state index is -0.165. The van der Waals surface area contributed by atoms with Crippen LogP contribution < -0.4 is 9.64 Å². The van der Waals surface area contributed by atoms with Crippen molar-refractivity contribution in [1.29, 1.82) is 0 Å². The van der Waals surface area contributed by atoms with E-state index in [1.807, 2.05) is 54.6 Å². The maximum atomic E-state index is 13.4. The third kappa shape index (κ3) is 4.30. The maximum absolute atomic E-state index is 13.4. The van der Waals surface area contributed by atoms with Gasteiger partial charge in [-0.1, -0.05) is 48.0 Å². The minimum absolute atomic E-state index is 0.0560. The van der Waals surface area contributed by atoms with E-state index in [4.69, 9.17) is 16.3 Å². The SMILES string of the molecule is COc1ccc(/C=C2/C=C(c3ccc(Cl)cc3)N(c3cccc(C(C)=O)c3)C2=O)cc1. The zero-order chi connectivity index (χ0) is 22.0. The Morgan fingerprint density at radius 2 is 1.71 bits per heavy atom. The molecule has 4 nitrogen and oxygen atoms in total. The van der Waals surface area contributed by atoms with Gasteiger partial charge in [-0.3, -0.25) is 14.5 Å². The first-order chi connectivity index (χ1) is 15.0. The predicted molar refractivity (Wildman–Crippen MR) is 124 cm³/mol. The van der Waals surface area contributed by atoms with Crippen molar-refractivity contribution in [3.63, 3.8) is 0 Å². The smallest absolute Gasteiger partial charge is 0.262 e. The van der Waals surface area contributed by atoms with Gasteiger partial charge in [0.1, 0.15) is 5.75 Å². The van der Waals surface area contributed by atoms with Crippen LogP contribution in [0.1, 0.15) is 28.4 Å². The van der Waals surface area contributed by atoms with Gasteiger partial charge in [-0.05, 0) is 66.6 Å². The Hall–Kier alpha value is -3.63. The molecule has 3 aromatic carbocycles. The number of benzene rings is 3. The van der Waals surface area contributed by atoms with Crippen LogP contribution in [0.15, 0.2) is 84.4 Å². The Morgan fingerprint density at radius 3 is 2.35 bits per heavy atom. The van der Waals surface area contributed by atoms with Crippen molar-refractivity contribution in [3.8, 4) is 5.75 Å². The van der Waals surface area contributed by atoms with E-state index in [1.54, 1.807) is 42.3 Å². The van der Waals surface area contributed by atoms with E-state index in [2.05, 4.69) is 0 Å². The summed E-state index contributed by atoms with van der Waals surface area (Å²) < 4.78 is 5.20. The van der Waals surface area contributed by atoms with E-state index >= 15 is 0 Å². The molecule has 0 bridgehead atoms. The number of hydrogen-bond acceptors (Lipinski definition) is 3. The van der Waals surface area contributed by atoms with Crippen molar-refractivity contribution in [2.45, 2.75) is 6.92 Å². The standard InChI is InChI=1S/C26H20ClNO3/c1-17(29)20-4-3-5-23(15-20)28-25(19-8-10-22(27)11-9-19)16-21(26(28)30)14-18-6-12-24(31-2)13-7-18/h3-16H,1-2H3/b21-14-. The molecule has 5 heteroatoms. The quantitative estimate of drug-likeness (QED) is 0.368. The lowest BCUT2D eigenvalue weighted by molar-refractivity contribution is -0.113.